The van der Waals surface area contributed by atoms with Crippen LogP contribution in [0.4, 0.5) is 0 Å². The third-order valence-electron chi connectivity index (χ3n) is 5.89. The maximum atomic E-state index is 12.9. The van der Waals surface area contributed by atoms with Crippen LogP contribution in [0.3, 0.4) is 0 Å². The SMILES string of the molecule is COC(=O)c1ccc(C(=O)N2C[C@H]3C[C@@H](N(C)C)[C@H](OC)C[C@H]3C2)cc1.O=CO. The van der Waals surface area contributed by atoms with Gasteiger partial charge in [-0.3, -0.25) is 9.59 Å². The number of carboxylic acid groups (broad SMARTS) is 1. The van der Waals surface area contributed by atoms with E-state index in [1.807, 2.05) is 4.90 Å². The molecule has 1 saturated heterocycles. The first kappa shape index (κ1) is 22.8. The molecule has 0 unspecified atom stereocenters. The molecule has 0 radical (unpaired) electrons. The van der Waals surface area contributed by atoms with Gasteiger partial charge >= 0.3 is 5.97 Å². The van der Waals surface area contributed by atoms with Crippen LogP contribution in [0.2, 0.25) is 0 Å². The Bertz CT molecular complexity index is 706. The molecule has 1 N–H and O–H groups in total. The summed E-state index contributed by atoms with van der Waals surface area (Å²) in [6, 6.07) is 7.10. The zero-order valence-electron chi connectivity index (χ0n) is 17.4. The smallest absolute Gasteiger partial charge is 0.337 e. The standard InChI is InChI=1S/C20H28N2O4.CH2O2/c1-21(2)17-9-15-11-22(12-16(15)10-18(17)25-3)19(23)13-5-7-14(8-6-13)20(24)26-4;2-1-3/h5-8,15-18H,9-12H2,1-4H3;1H,(H,2,3)/t15-,16+,17-,18-;/m1./s1. The third kappa shape index (κ3) is 5.33. The second-order valence-electron chi connectivity index (χ2n) is 7.68. The van der Waals surface area contributed by atoms with Crippen molar-refractivity contribution in [3.63, 3.8) is 0 Å². The van der Waals surface area contributed by atoms with Crippen LogP contribution in [0.15, 0.2) is 24.3 Å². The number of carbonyl (C=O) groups excluding carboxylic acids is 2. The van der Waals surface area contributed by atoms with Gasteiger partial charge in [-0.2, -0.15) is 0 Å². The lowest BCUT2D eigenvalue weighted by molar-refractivity contribution is -0.122. The maximum Gasteiger partial charge on any atom is 0.337 e. The van der Waals surface area contributed by atoms with Gasteiger partial charge < -0.3 is 24.4 Å². The minimum absolute atomic E-state index is 0.0335. The largest absolute Gasteiger partial charge is 0.483 e. The number of nitrogens with zero attached hydrogens (tertiary/aromatic N) is 2. The van der Waals surface area contributed by atoms with E-state index in [9.17, 15) is 9.59 Å². The lowest BCUT2D eigenvalue weighted by Crippen LogP contribution is -2.47. The van der Waals surface area contributed by atoms with Gasteiger partial charge in [0.1, 0.15) is 0 Å². The summed E-state index contributed by atoms with van der Waals surface area (Å²) in [6.45, 7) is 1.32. The van der Waals surface area contributed by atoms with Crippen molar-refractivity contribution in [2.24, 2.45) is 11.8 Å². The molecule has 1 amide bonds. The summed E-state index contributed by atoms with van der Waals surface area (Å²) < 4.78 is 10.4. The number of amides is 1. The summed E-state index contributed by atoms with van der Waals surface area (Å²) in [4.78, 5) is 37.0. The Hall–Kier alpha value is -2.45. The third-order valence-corrected chi connectivity index (χ3v) is 5.89. The number of rotatable bonds is 4. The maximum absolute atomic E-state index is 12.9. The quantitative estimate of drug-likeness (QED) is 0.599. The zero-order chi connectivity index (χ0) is 21.6. The second-order valence-corrected chi connectivity index (χ2v) is 7.68. The van der Waals surface area contributed by atoms with E-state index in [1.165, 1.54) is 7.11 Å². The van der Waals surface area contributed by atoms with Crippen molar-refractivity contribution in [2.45, 2.75) is 25.0 Å². The van der Waals surface area contributed by atoms with Crippen molar-refractivity contribution < 1.29 is 29.0 Å². The number of likely N-dealkylation sites (N-methyl/N-ethyl adjacent to an activating group) is 1. The van der Waals surface area contributed by atoms with Gasteiger partial charge in [0.05, 0.1) is 18.8 Å². The van der Waals surface area contributed by atoms with Gasteiger partial charge in [-0.25, -0.2) is 4.79 Å². The van der Waals surface area contributed by atoms with Gasteiger partial charge in [-0.05, 0) is 63.0 Å². The number of likely N-dealkylation sites (tertiary alicyclic amines) is 1. The average Bonchev–Trinajstić information content (AvgIpc) is 3.15. The number of esters is 1. The van der Waals surface area contributed by atoms with Crippen molar-refractivity contribution in [3.05, 3.63) is 35.4 Å². The molecule has 2 aliphatic rings. The Morgan fingerprint density at radius 1 is 1.07 bits per heavy atom. The van der Waals surface area contributed by atoms with Crippen LogP contribution in [0.25, 0.3) is 0 Å². The van der Waals surface area contributed by atoms with Crippen LogP contribution in [-0.4, -0.2) is 86.8 Å². The zero-order valence-corrected chi connectivity index (χ0v) is 17.4. The fraction of sp³-hybridized carbons (Fsp3) is 0.571. The minimum Gasteiger partial charge on any atom is -0.483 e. The summed E-state index contributed by atoms with van der Waals surface area (Å²) in [7, 11) is 7.32. The van der Waals surface area contributed by atoms with Crippen molar-refractivity contribution in [2.75, 3.05) is 41.4 Å². The molecular formula is C21H30N2O6. The van der Waals surface area contributed by atoms with Gasteiger partial charge in [0.15, 0.2) is 0 Å². The Morgan fingerprint density at radius 3 is 2.07 bits per heavy atom. The number of carbonyl (C=O) groups is 3. The molecule has 1 heterocycles. The van der Waals surface area contributed by atoms with Crippen LogP contribution >= 0.6 is 0 Å². The number of methoxy groups -OCH3 is 2. The molecule has 1 aromatic carbocycles. The number of hydrogen-bond acceptors (Lipinski definition) is 6. The molecule has 1 aromatic rings. The molecule has 160 valence electrons. The number of ether oxygens (including phenoxy) is 2. The first-order valence-electron chi connectivity index (χ1n) is 9.60. The van der Waals surface area contributed by atoms with E-state index in [0.29, 0.717) is 29.0 Å². The van der Waals surface area contributed by atoms with Crippen LogP contribution in [0, 0.1) is 11.8 Å². The molecule has 0 bridgehead atoms. The number of fused-ring (bicyclic) bond motifs is 1. The number of hydrogen-bond donors (Lipinski definition) is 1. The van der Waals surface area contributed by atoms with Gasteiger partial charge in [-0.1, -0.05) is 0 Å². The van der Waals surface area contributed by atoms with Crippen LogP contribution < -0.4 is 0 Å². The highest BCUT2D eigenvalue weighted by atomic mass is 16.5. The van der Waals surface area contributed by atoms with Crippen molar-refractivity contribution in [1.29, 1.82) is 0 Å². The molecule has 2 fully saturated rings. The summed E-state index contributed by atoms with van der Waals surface area (Å²) in [5.41, 5.74) is 1.07. The fourth-order valence-electron chi connectivity index (χ4n) is 4.40. The summed E-state index contributed by atoms with van der Waals surface area (Å²) in [6.07, 6.45) is 2.27. The van der Waals surface area contributed by atoms with E-state index < -0.39 is 5.97 Å². The molecule has 8 heteroatoms. The molecule has 29 heavy (non-hydrogen) atoms. The molecule has 0 aromatic heterocycles. The Balaban J connectivity index is 0.000000941. The van der Waals surface area contributed by atoms with E-state index >= 15 is 0 Å². The highest BCUT2D eigenvalue weighted by molar-refractivity contribution is 5.96. The van der Waals surface area contributed by atoms with E-state index in [0.717, 1.165) is 25.9 Å². The average molecular weight is 406 g/mol. The Kier molecular flexibility index (Phi) is 8.16. The van der Waals surface area contributed by atoms with Crippen LogP contribution in [0.1, 0.15) is 33.6 Å². The Labute approximate surface area is 171 Å². The molecule has 8 nitrogen and oxygen atoms in total. The van der Waals surface area contributed by atoms with Crippen molar-refractivity contribution in [1.82, 2.24) is 9.80 Å². The predicted octanol–water partition coefficient (Wildman–Crippen LogP) is 1.60. The summed E-state index contributed by atoms with van der Waals surface area (Å²) in [5.74, 6) is 0.657. The van der Waals surface area contributed by atoms with E-state index in [-0.39, 0.29) is 18.5 Å². The molecule has 3 rings (SSSR count). The molecule has 1 aliphatic heterocycles. The normalized spacial score (nSPS) is 25.6. The first-order valence-corrected chi connectivity index (χ1v) is 9.60. The topological polar surface area (TPSA) is 96.4 Å². The highest BCUT2D eigenvalue weighted by Gasteiger charge is 2.44. The predicted molar refractivity (Wildman–Crippen MR) is 107 cm³/mol. The van der Waals surface area contributed by atoms with Gasteiger partial charge in [0.25, 0.3) is 12.4 Å². The molecule has 0 spiro atoms. The summed E-state index contributed by atoms with van der Waals surface area (Å²) in [5, 5.41) is 6.89. The number of benzene rings is 1. The van der Waals surface area contributed by atoms with Crippen molar-refractivity contribution >= 4 is 18.3 Å². The lowest BCUT2D eigenvalue weighted by Gasteiger charge is -2.40. The molecule has 1 saturated carbocycles. The Morgan fingerprint density at radius 2 is 1.59 bits per heavy atom. The van der Waals surface area contributed by atoms with E-state index in [4.69, 9.17) is 19.4 Å². The minimum atomic E-state index is -0.392. The van der Waals surface area contributed by atoms with Crippen LogP contribution in [-0.2, 0) is 14.3 Å². The van der Waals surface area contributed by atoms with Crippen molar-refractivity contribution in [3.8, 4) is 0 Å². The van der Waals surface area contributed by atoms with Gasteiger partial charge in [0, 0.05) is 31.8 Å². The van der Waals surface area contributed by atoms with Gasteiger partial charge in [-0.15, -0.1) is 0 Å². The first-order chi connectivity index (χ1) is 13.9. The second kappa shape index (κ2) is 10.4. The van der Waals surface area contributed by atoms with Gasteiger partial charge in [0.2, 0.25) is 0 Å². The monoisotopic (exact) mass is 406 g/mol. The molecule has 4 atom stereocenters. The van der Waals surface area contributed by atoms with Crippen LogP contribution in [0.5, 0.6) is 0 Å². The summed E-state index contributed by atoms with van der Waals surface area (Å²) >= 11 is 0. The van der Waals surface area contributed by atoms with E-state index in [2.05, 4.69) is 19.0 Å². The van der Waals surface area contributed by atoms with E-state index in [1.54, 1.807) is 31.4 Å². The molecular weight excluding hydrogens is 376 g/mol. The highest BCUT2D eigenvalue weighted by Crippen LogP contribution is 2.39. The lowest BCUT2D eigenvalue weighted by atomic mass is 9.77. The molecule has 1 aliphatic carbocycles. The fourth-order valence-corrected chi connectivity index (χ4v) is 4.40.